The van der Waals surface area contributed by atoms with E-state index in [1.165, 1.54) is 0 Å². The molecule has 1 aliphatic rings. The Balaban J connectivity index is 1.62. The Bertz CT molecular complexity index is 585. The monoisotopic (exact) mass is 375 g/mol. The molecular formula is C14H18BrNO4S. The molecule has 1 N–H and O–H groups in total. The molecule has 0 bridgehead atoms. The summed E-state index contributed by atoms with van der Waals surface area (Å²) in [7, 11) is -2.95. The van der Waals surface area contributed by atoms with Crippen LogP contribution in [0.15, 0.2) is 28.7 Å². The number of carbonyl (C=O) groups is 1. The molecule has 21 heavy (non-hydrogen) atoms. The molecule has 1 aromatic carbocycles. The molecule has 5 nitrogen and oxygen atoms in total. The van der Waals surface area contributed by atoms with Crippen LogP contribution in [0.3, 0.4) is 0 Å². The third kappa shape index (κ3) is 5.67. The molecule has 1 atom stereocenters. The summed E-state index contributed by atoms with van der Waals surface area (Å²) in [5.74, 6) is 0.885. The van der Waals surface area contributed by atoms with Crippen LogP contribution in [0.5, 0.6) is 5.75 Å². The van der Waals surface area contributed by atoms with Gasteiger partial charge in [0.25, 0.3) is 0 Å². The number of ether oxygens (including phenoxy) is 1. The minimum Gasteiger partial charge on any atom is -0.494 e. The first-order chi connectivity index (χ1) is 9.94. The van der Waals surface area contributed by atoms with E-state index in [1.54, 1.807) is 0 Å². The molecule has 1 fully saturated rings. The van der Waals surface area contributed by atoms with Gasteiger partial charge in [0.1, 0.15) is 5.75 Å². The third-order valence-corrected chi connectivity index (χ3v) is 5.52. The predicted molar refractivity (Wildman–Crippen MR) is 84.1 cm³/mol. The zero-order valence-corrected chi connectivity index (χ0v) is 14.0. The maximum Gasteiger partial charge on any atom is 0.220 e. The normalized spacial score (nSPS) is 20.1. The van der Waals surface area contributed by atoms with Crippen molar-refractivity contribution in [2.24, 2.45) is 0 Å². The Morgan fingerprint density at radius 3 is 2.67 bits per heavy atom. The van der Waals surface area contributed by atoms with Gasteiger partial charge in [0.05, 0.1) is 18.1 Å². The quantitative estimate of drug-likeness (QED) is 0.770. The molecule has 116 valence electrons. The van der Waals surface area contributed by atoms with Gasteiger partial charge in [-0.05, 0) is 37.1 Å². The highest BCUT2D eigenvalue weighted by atomic mass is 79.9. The highest BCUT2D eigenvalue weighted by Gasteiger charge is 2.28. The Morgan fingerprint density at radius 1 is 1.33 bits per heavy atom. The second-order valence-corrected chi connectivity index (χ2v) is 8.22. The van der Waals surface area contributed by atoms with Crippen LogP contribution in [0.1, 0.15) is 19.3 Å². The van der Waals surface area contributed by atoms with Gasteiger partial charge >= 0.3 is 0 Å². The second-order valence-electron chi connectivity index (χ2n) is 5.07. The Morgan fingerprint density at radius 2 is 2.05 bits per heavy atom. The van der Waals surface area contributed by atoms with Gasteiger partial charge in [0.2, 0.25) is 5.91 Å². The van der Waals surface area contributed by atoms with Crippen LogP contribution in [0, 0.1) is 0 Å². The van der Waals surface area contributed by atoms with Crippen molar-refractivity contribution in [3.05, 3.63) is 28.7 Å². The van der Waals surface area contributed by atoms with Crippen molar-refractivity contribution in [1.82, 2.24) is 5.32 Å². The first kappa shape index (κ1) is 16.3. The number of rotatable bonds is 6. The van der Waals surface area contributed by atoms with Crippen LogP contribution in [0.4, 0.5) is 0 Å². The maximum absolute atomic E-state index is 11.7. The SMILES string of the molecule is O=C(CCCOc1ccc(Br)cc1)N[C@@H]1CCS(=O)(=O)C1. The standard InChI is InChI=1S/C14H18BrNO4S/c15-11-3-5-13(6-4-11)20-8-1-2-14(17)16-12-7-9-21(18,19)10-12/h3-6,12H,1-2,7-10H2,(H,16,17)/t12-/m1/s1. The topological polar surface area (TPSA) is 72.5 Å². The summed E-state index contributed by atoms with van der Waals surface area (Å²) in [6, 6.07) is 7.27. The Labute approximate surface area is 133 Å². The molecular weight excluding hydrogens is 358 g/mol. The molecule has 0 saturated carbocycles. The number of benzene rings is 1. The summed E-state index contributed by atoms with van der Waals surface area (Å²) in [6.07, 6.45) is 1.46. The lowest BCUT2D eigenvalue weighted by atomic mass is 10.2. The number of hydrogen-bond donors (Lipinski definition) is 1. The number of nitrogens with one attached hydrogen (secondary N) is 1. The van der Waals surface area contributed by atoms with Crippen molar-refractivity contribution in [2.75, 3.05) is 18.1 Å². The lowest BCUT2D eigenvalue weighted by molar-refractivity contribution is -0.121. The molecule has 0 aromatic heterocycles. The van der Waals surface area contributed by atoms with Crippen LogP contribution in [-0.2, 0) is 14.6 Å². The van der Waals surface area contributed by atoms with E-state index in [4.69, 9.17) is 4.74 Å². The highest BCUT2D eigenvalue weighted by molar-refractivity contribution is 9.10. The summed E-state index contributed by atoms with van der Waals surface area (Å²) in [5, 5.41) is 2.76. The zero-order chi connectivity index (χ0) is 15.3. The highest BCUT2D eigenvalue weighted by Crippen LogP contribution is 2.16. The minimum absolute atomic E-state index is 0.0636. The molecule has 7 heteroatoms. The van der Waals surface area contributed by atoms with Gasteiger partial charge < -0.3 is 10.1 Å². The first-order valence-electron chi connectivity index (χ1n) is 6.83. The summed E-state index contributed by atoms with van der Waals surface area (Å²) in [5.41, 5.74) is 0. The van der Waals surface area contributed by atoms with Crippen LogP contribution in [-0.4, -0.2) is 38.5 Å². The van der Waals surface area contributed by atoms with E-state index in [9.17, 15) is 13.2 Å². The summed E-state index contributed by atoms with van der Waals surface area (Å²) in [6.45, 7) is 0.456. The lowest BCUT2D eigenvalue weighted by Gasteiger charge is -2.11. The summed E-state index contributed by atoms with van der Waals surface area (Å²) in [4.78, 5) is 11.7. The molecule has 1 heterocycles. The first-order valence-corrected chi connectivity index (χ1v) is 9.44. The molecule has 1 aliphatic heterocycles. The van der Waals surface area contributed by atoms with Gasteiger partial charge in [-0.2, -0.15) is 0 Å². The van der Waals surface area contributed by atoms with Crippen molar-refractivity contribution < 1.29 is 17.9 Å². The van der Waals surface area contributed by atoms with Gasteiger partial charge in [0, 0.05) is 16.9 Å². The average Bonchev–Trinajstić information content (AvgIpc) is 2.76. The van der Waals surface area contributed by atoms with E-state index in [-0.39, 0.29) is 23.5 Å². The fourth-order valence-electron chi connectivity index (χ4n) is 2.16. The van der Waals surface area contributed by atoms with Gasteiger partial charge in [-0.3, -0.25) is 4.79 Å². The smallest absolute Gasteiger partial charge is 0.220 e. The van der Waals surface area contributed by atoms with Crippen LogP contribution >= 0.6 is 15.9 Å². The van der Waals surface area contributed by atoms with E-state index >= 15 is 0 Å². The number of halogens is 1. The molecule has 1 amide bonds. The van der Waals surface area contributed by atoms with E-state index in [0.29, 0.717) is 25.9 Å². The molecule has 1 saturated heterocycles. The van der Waals surface area contributed by atoms with Crippen molar-refractivity contribution in [3.63, 3.8) is 0 Å². The van der Waals surface area contributed by atoms with Gasteiger partial charge in [-0.25, -0.2) is 8.42 Å². The molecule has 0 radical (unpaired) electrons. The van der Waals surface area contributed by atoms with Gasteiger partial charge in [-0.1, -0.05) is 15.9 Å². The largest absolute Gasteiger partial charge is 0.494 e. The third-order valence-electron chi connectivity index (χ3n) is 3.23. The van der Waals surface area contributed by atoms with Crippen LogP contribution in [0.2, 0.25) is 0 Å². The maximum atomic E-state index is 11.7. The van der Waals surface area contributed by atoms with E-state index in [0.717, 1.165) is 10.2 Å². The van der Waals surface area contributed by atoms with Crippen molar-refractivity contribution in [1.29, 1.82) is 0 Å². The molecule has 0 unspecified atom stereocenters. The Hall–Kier alpha value is -1.08. The van der Waals surface area contributed by atoms with E-state index in [1.807, 2.05) is 24.3 Å². The summed E-state index contributed by atoms with van der Waals surface area (Å²) < 4.78 is 29.1. The minimum atomic E-state index is -2.95. The van der Waals surface area contributed by atoms with Gasteiger partial charge in [0.15, 0.2) is 9.84 Å². The molecule has 2 rings (SSSR count). The van der Waals surface area contributed by atoms with Crippen molar-refractivity contribution >= 4 is 31.7 Å². The fraction of sp³-hybridized carbons (Fsp3) is 0.500. The number of hydrogen-bond acceptors (Lipinski definition) is 4. The van der Waals surface area contributed by atoms with Crippen LogP contribution < -0.4 is 10.1 Å². The van der Waals surface area contributed by atoms with Crippen LogP contribution in [0.25, 0.3) is 0 Å². The average molecular weight is 376 g/mol. The second kappa shape index (κ2) is 7.26. The summed E-state index contributed by atoms with van der Waals surface area (Å²) >= 11 is 3.34. The van der Waals surface area contributed by atoms with Gasteiger partial charge in [-0.15, -0.1) is 0 Å². The van der Waals surface area contributed by atoms with Crippen molar-refractivity contribution in [2.45, 2.75) is 25.3 Å². The Kier molecular flexibility index (Phi) is 5.64. The molecule has 1 aromatic rings. The number of amides is 1. The molecule has 0 spiro atoms. The zero-order valence-electron chi connectivity index (χ0n) is 11.5. The lowest BCUT2D eigenvalue weighted by Crippen LogP contribution is -2.35. The van der Waals surface area contributed by atoms with Crippen molar-refractivity contribution in [3.8, 4) is 5.75 Å². The van der Waals surface area contributed by atoms with E-state index < -0.39 is 9.84 Å². The number of sulfone groups is 1. The van der Waals surface area contributed by atoms with E-state index in [2.05, 4.69) is 21.2 Å². The molecule has 0 aliphatic carbocycles. The predicted octanol–water partition coefficient (Wildman–Crippen LogP) is 1.91. The fourth-order valence-corrected chi connectivity index (χ4v) is 4.10. The number of carbonyl (C=O) groups excluding carboxylic acids is 1.